The van der Waals surface area contributed by atoms with E-state index in [0.29, 0.717) is 5.75 Å². The summed E-state index contributed by atoms with van der Waals surface area (Å²) in [5.41, 5.74) is 4.35. The highest BCUT2D eigenvalue weighted by molar-refractivity contribution is 5.52. The Morgan fingerprint density at radius 2 is 1.33 bits per heavy atom. The van der Waals surface area contributed by atoms with Crippen molar-refractivity contribution < 1.29 is 5.11 Å². The molecule has 2 aromatic rings. The van der Waals surface area contributed by atoms with Gasteiger partial charge >= 0.3 is 0 Å². The third-order valence-corrected chi connectivity index (χ3v) is 4.25. The van der Waals surface area contributed by atoms with Gasteiger partial charge < -0.3 is 5.11 Å². The average molecular weight is 322 g/mol. The summed E-state index contributed by atoms with van der Waals surface area (Å²) >= 11 is 0. The lowest BCUT2D eigenvalue weighted by molar-refractivity contribution is 0.423. The fraction of sp³-hybridized carbons (Fsp3) is 0.391. The highest BCUT2D eigenvalue weighted by Crippen LogP contribution is 2.39. The van der Waals surface area contributed by atoms with Crippen molar-refractivity contribution in [3.8, 4) is 5.75 Å². The molecular weight excluding hydrogens is 292 g/mol. The van der Waals surface area contributed by atoms with E-state index in [4.69, 9.17) is 0 Å². The zero-order valence-electron chi connectivity index (χ0n) is 15.9. The van der Waals surface area contributed by atoms with Crippen LogP contribution >= 0.6 is 0 Å². The van der Waals surface area contributed by atoms with Crippen molar-refractivity contribution in [2.45, 2.75) is 58.8 Å². The van der Waals surface area contributed by atoms with Crippen LogP contribution < -0.4 is 0 Å². The van der Waals surface area contributed by atoms with Gasteiger partial charge in [0.1, 0.15) is 5.75 Å². The summed E-state index contributed by atoms with van der Waals surface area (Å²) < 4.78 is 0. The van der Waals surface area contributed by atoms with E-state index in [1.165, 1.54) is 11.1 Å². The molecule has 0 radical (unpaired) electrons. The maximum atomic E-state index is 10.8. The lowest BCUT2D eigenvalue weighted by Crippen LogP contribution is -2.17. The molecule has 0 spiro atoms. The monoisotopic (exact) mass is 322 g/mol. The predicted octanol–water partition coefficient (Wildman–Crippen LogP) is 6.24. The van der Waals surface area contributed by atoms with Crippen LogP contribution in [0.3, 0.4) is 0 Å². The third kappa shape index (κ3) is 4.50. The van der Waals surface area contributed by atoms with Gasteiger partial charge in [0.15, 0.2) is 0 Å². The van der Waals surface area contributed by atoms with Crippen molar-refractivity contribution in [2.75, 3.05) is 0 Å². The summed E-state index contributed by atoms with van der Waals surface area (Å²) in [6.45, 7) is 12.9. The van der Waals surface area contributed by atoms with Gasteiger partial charge in [-0.2, -0.15) is 0 Å². The van der Waals surface area contributed by atoms with Crippen LogP contribution in [0.1, 0.15) is 63.8 Å². The molecule has 0 fully saturated rings. The first-order valence-corrected chi connectivity index (χ1v) is 8.67. The molecule has 0 saturated carbocycles. The molecule has 2 rings (SSSR count). The molecule has 0 aliphatic rings. The maximum Gasteiger partial charge on any atom is 0.123 e. The molecule has 0 aromatic heterocycles. The number of rotatable bonds is 3. The van der Waals surface area contributed by atoms with Crippen LogP contribution in [0.25, 0.3) is 6.08 Å². The molecule has 0 bridgehead atoms. The van der Waals surface area contributed by atoms with Crippen LogP contribution in [0.15, 0.2) is 48.5 Å². The molecule has 0 unspecified atom stereocenters. The van der Waals surface area contributed by atoms with E-state index in [1.807, 2.05) is 6.07 Å². The summed E-state index contributed by atoms with van der Waals surface area (Å²) in [4.78, 5) is 0. The summed E-state index contributed by atoms with van der Waals surface area (Å²) in [5, 5.41) is 10.8. The second kappa shape index (κ2) is 6.84. The van der Waals surface area contributed by atoms with E-state index in [0.717, 1.165) is 17.5 Å². The largest absolute Gasteiger partial charge is 0.507 e. The van der Waals surface area contributed by atoms with Crippen LogP contribution in [0.5, 0.6) is 5.75 Å². The Bertz CT molecular complexity index is 675. The van der Waals surface area contributed by atoms with Crippen molar-refractivity contribution in [1.82, 2.24) is 0 Å². The summed E-state index contributed by atoms with van der Waals surface area (Å²) in [5.74, 6) is 0.450. The lowest BCUT2D eigenvalue weighted by atomic mass is 9.78. The van der Waals surface area contributed by atoms with E-state index in [-0.39, 0.29) is 10.8 Å². The van der Waals surface area contributed by atoms with Crippen LogP contribution in [-0.4, -0.2) is 5.11 Å². The van der Waals surface area contributed by atoms with Gasteiger partial charge in [-0.15, -0.1) is 0 Å². The Hall–Kier alpha value is -2.02. The van der Waals surface area contributed by atoms with E-state index < -0.39 is 0 Å². The fourth-order valence-electron chi connectivity index (χ4n) is 2.85. The van der Waals surface area contributed by atoms with E-state index in [9.17, 15) is 5.11 Å². The summed E-state index contributed by atoms with van der Waals surface area (Å²) in [6, 6.07) is 14.6. The topological polar surface area (TPSA) is 20.2 Å². The minimum absolute atomic E-state index is 0.0801. The molecule has 1 N–H and O–H groups in total. The highest BCUT2D eigenvalue weighted by atomic mass is 16.3. The number of benzene rings is 2. The van der Waals surface area contributed by atoms with E-state index >= 15 is 0 Å². The zero-order valence-corrected chi connectivity index (χ0v) is 15.9. The minimum atomic E-state index is -0.0801. The van der Waals surface area contributed by atoms with Gasteiger partial charge in [-0.25, -0.2) is 0 Å². The first-order chi connectivity index (χ1) is 11.1. The van der Waals surface area contributed by atoms with Crippen molar-refractivity contribution in [3.05, 3.63) is 70.8 Å². The third-order valence-electron chi connectivity index (χ3n) is 4.25. The first-order valence-electron chi connectivity index (χ1n) is 8.67. The van der Waals surface area contributed by atoms with Gasteiger partial charge in [0, 0.05) is 0 Å². The maximum absolute atomic E-state index is 10.8. The molecule has 0 amide bonds. The van der Waals surface area contributed by atoms with Crippen molar-refractivity contribution in [3.63, 3.8) is 0 Å². The number of phenols is 1. The van der Waals surface area contributed by atoms with Crippen molar-refractivity contribution >= 4 is 6.08 Å². The Morgan fingerprint density at radius 1 is 0.833 bits per heavy atom. The Morgan fingerprint density at radius 3 is 1.79 bits per heavy atom. The molecule has 2 aromatic carbocycles. The van der Waals surface area contributed by atoms with Gasteiger partial charge in [0.2, 0.25) is 0 Å². The number of phenolic OH excluding ortho intramolecular Hbond substituents is 1. The molecule has 1 heteroatoms. The summed E-state index contributed by atoms with van der Waals surface area (Å²) in [6.07, 6.45) is 5.21. The lowest BCUT2D eigenvalue weighted by Gasteiger charge is -2.28. The Labute approximate surface area is 147 Å². The quantitative estimate of drug-likeness (QED) is 0.709. The number of hydrogen-bond donors (Lipinski definition) is 1. The molecule has 0 atom stereocenters. The van der Waals surface area contributed by atoms with Crippen molar-refractivity contribution in [2.24, 2.45) is 0 Å². The smallest absolute Gasteiger partial charge is 0.123 e. The molecule has 1 nitrogen and oxygen atoms in total. The molecular formula is C23H30O. The molecule has 128 valence electrons. The zero-order chi connectivity index (χ0) is 18.0. The SMILES string of the molecule is CC(C)(C)c1cc(C/C=C/c2ccccc2)cc(C(C)(C)C)c1O. The average Bonchev–Trinajstić information content (AvgIpc) is 2.47. The molecule has 0 heterocycles. The van der Waals surface area contributed by atoms with Gasteiger partial charge in [0.25, 0.3) is 0 Å². The van der Waals surface area contributed by atoms with E-state index in [1.54, 1.807) is 0 Å². The molecule has 0 aliphatic heterocycles. The van der Waals surface area contributed by atoms with Crippen LogP contribution in [-0.2, 0) is 17.3 Å². The van der Waals surface area contributed by atoms with Gasteiger partial charge in [-0.1, -0.05) is 96.2 Å². The second-order valence-electron chi connectivity index (χ2n) is 8.56. The van der Waals surface area contributed by atoms with Crippen LogP contribution in [0.4, 0.5) is 0 Å². The number of allylic oxidation sites excluding steroid dienone is 1. The van der Waals surface area contributed by atoms with Crippen LogP contribution in [0.2, 0.25) is 0 Å². The van der Waals surface area contributed by atoms with E-state index in [2.05, 4.69) is 90.1 Å². The predicted molar refractivity (Wildman–Crippen MR) is 105 cm³/mol. The first kappa shape index (κ1) is 18.3. The minimum Gasteiger partial charge on any atom is -0.507 e. The normalized spacial score (nSPS) is 12.8. The highest BCUT2D eigenvalue weighted by Gasteiger charge is 2.26. The van der Waals surface area contributed by atoms with Crippen LogP contribution in [0, 0.1) is 0 Å². The standard InChI is InChI=1S/C23H30O/c1-22(2,3)19-15-18(16-20(21(19)24)23(4,5)6)14-10-13-17-11-8-7-9-12-17/h7-13,15-16,24H,14H2,1-6H3/b13-10+. The summed E-state index contributed by atoms with van der Waals surface area (Å²) in [7, 11) is 0. The fourth-order valence-corrected chi connectivity index (χ4v) is 2.85. The molecule has 0 saturated heterocycles. The van der Waals surface area contributed by atoms with Crippen molar-refractivity contribution in [1.29, 1.82) is 0 Å². The Balaban J connectivity index is 2.38. The molecule has 0 aliphatic carbocycles. The molecule has 24 heavy (non-hydrogen) atoms. The number of aromatic hydroxyl groups is 1. The van der Waals surface area contributed by atoms with Gasteiger partial charge in [-0.05, 0) is 39.5 Å². The Kier molecular flexibility index (Phi) is 5.22. The second-order valence-corrected chi connectivity index (χ2v) is 8.56. The number of hydrogen-bond acceptors (Lipinski definition) is 1. The van der Waals surface area contributed by atoms with Gasteiger partial charge in [0.05, 0.1) is 0 Å². The van der Waals surface area contributed by atoms with Gasteiger partial charge in [-0.3, -0.25) is 0 Å².